The Bertz CT molecular complexity index is 1100. The molecule has 0 N–H and O–H groups in total. The van der Waals surface area contributed by atoms with E-state index in [2.05, 4.69) is 6.92 Å². The summed E-state index contributed by atoms with van der Waals surface area (Å²) in [5.74, 6) is 3.48. The summed E-state index contributed by atoms with van der Waals surface area (Å²) < 4.78 is 22.6. The van der Waals surface area contributed by atoms with Gasteiger partial charge in [-0.15, -0.1) is 0 Å². The first kappa shape index (κ1) is 20.3. The van der Waals surface area contributed by atoms with Crippen LogP contribution >= 0.6 is 0 Å². The second kappa shape index (κ2) is 8.82. The molecule has 0 spiro atoms. The summed E-state index contributed by atoms with van der Waals surface area (Å²) in [6.45, 7) is 2.30. The summed E-state index contributed by atoms with van der Waals surface area (Å²) in [4.78, 5) is 5.19. The van der Waals surface area contributed by atoms with E-state index in [1.807, 2.05) is 42.5 Å². The average Bonchev–Trinajstić information content (AvgIpc) is 2.79. The minimum Gasteiger partial charge on any atom is -0.497 e. The summed E-state index contributed by atoms with van der Waals surface area (Å²) >= 11 is 0. The lowest BCUT2D eigenvalue weighted by Gasteiger charge is -2.25. The third kappa shape index (κ3) is 4.02. The van der Waals surface area contributed by atoms with E-state index in [0.717, 1.165) is 39.8 Å². The number of fused-ring (bicyclic) bond motifs is 1. The fourth-order valence-electron chi connectivity index (χ4n) is 4.18. The second-order valence-electron chi connectivity index (χ2n) is 7.89. The van der Waals surface area contributed by atoms with Crippen molar-refractivity contribution in [1.29, 1.82) is 0 Å². The van der Waals surface area contributed by atoms with E-state index in [1.54, 1.807) is 21.3 Å². The highest BCUT2D eigenvalue weighted by molar-refractivity contribution is 5.80. The number of methoxy groups -OCH3 is 3. The topological polar surface area (TPSA) is 53.2 Å². The fourth-order valence-corrected chi connectivity index (χ4v) is 4.18. The number of ether oxygens (including phenoxy) is 3. The second-order valence-corrected chi connectivity index (χ2v) is 7.89. The van der Waals surface area contributed by atoms with Gasteiger partial charge in [-0.2, -0.15) is 0 Å². The first-order chi connectivity index (χ1) is 14.6. The molecular formula is C25H29NO4. The zero-order valence-electron chi connectivity index (χ0n) is 18.1. The smallest absolute Gasteiger partial charge is 0.161 e. The molecule has 1 aliphatic carbocycles. The molecule has 5 nitrogen and oxygen atoms in total. The van der Waals surface area contributed by atoms with Gasteiger partial charge in [-0.05, 0) is 55.2 Å². The lowest BCUT2D eigenvalue weighted by atomic mass is 9.86. The van der Waals surface area contributed by atoms with Crippen LogP contribution < -0.4 is 19.6 Å². The molecule has 0 radical (unpaired) electrons. The van der Waals surface area contributed by atoms with E-state index in [0.29, 0.717) is 23.5 Å². The SMILES string of the molecule is COc1ccc2oc(-c3ccc(OC)c(OC)c3)cc(=N[C@H]3CCCC[C@@H]3C)c2c1. The molecule has 158 valence electrons. The monoisotopic (exact) mass is 407 g/mol. The molecule has 4 rings (SSSR count). The highest BCUT2D eigenvalue weighted by Gasteiger charge is 2.20. The normalized spacial score (nSPS) is 19.7. The molecule has 0 unspecified atom stereocenters. The Morgan fingerprint density at radius 2 is 1.67 bits per heavy atom. The van der Waals surface area contributed by atoms with Crippen LogP contribution in [0, 0.1) is 5.92 Å². The van der Waals surface area contributed by atoms with Crippen molar-refractivity contribution in [3.05, 3.63) is 47.8 Å². The van der Waals surface area contributed by atoms with E-state index >= 15 is 0 Å². The molecule has 0 saturated heterocycles. The standard InChI is InChI=1S/C25H29NO4/c1-16-7-5-6-8-20(16)26-21-15-24(17-9-11-23(28-3)25(13-17)29-4)30-22-12-10-18(27-2)14-19(21)22/h9-16,20H,5-8H2,1-4H3/t16-,20-/m0/s1. The van der Waals surface area contributed by atoms with E-state index < -0.39 is 0 Å². The molecule has 1 saturated carbocycles. The predicted molar refractivity (Wildman–Crippen MR) is 118 cm³/mol. The first-order valence-corrected chi connectivity index (χ1v) is 10.5. The van der Waals surface area contributed by atoms with Crippen LogP contribution in [-0.2, 0) is 0 Å². The third-order valence-corrected chi connectivity index (χ3v) is 5.99. The number of nitrogens with zero attached hydrogens (tertiary/aromatic N) is 1. The van der Waals surface area contributed by atoms with Gasteiger partial charge in [-0.3, -0.25) is 4.99 Å². The maximum Gasteiger partial charge on any atom is 0.161 e. The van der Waals surface area contributed by atoms with Crippen LogP contribution in [0.2, 0.25) is 0 Å². The van der Waals surface area contributed by atoms with Crippen LogP contribution in [0.1, 0.15) is 32.6 Å². The molecule has 0 aliphatic heterocycles. The van der Waals surface area contributed by atoms with Crippen LogP contribution in [0.25, 0.3) is 22.3 Å². The minimum atomic E-state index is 0.328. The van der Waals surface area contributed by atoms with Crippen molar-refractivity contribution < 1.29 is 18.6 Å². The zero-order chi connectivity index (χ0) is 21.1. The molecule has 3 aromatic rings. The van der Waals surface area contributed by atoms with Gasteiger partial charge in [0, 0.05) is 17.0 Å². The van der Waals surface area contributed by atoms with E-state index in [1.165, 1.54) is 19.3 Å². The quantitative estimate of drug-likeness (QED) is 0.552. The third-order valence-electron chi connectivity index (χ3n) is 5.99. The molecule has 0 bridgehead atoms. The van der Waals surface area contributed by atoms with Gasteiger partial charge in [0.2, 0.25) is 0 Å². The van der Waals surface area contributed by atoms with Crippen molar-refractivity contribution in [1.82, 2.24) is 0 Å². The van der Waals surface area contributed by atoms with Crippen LogP contribution in [0.3, 0.4) is 0 Å². The first-order valence-electron chi connectivity index (χ1n) is 10.5. The summed E-state index contributed by atoms with van der Waals surface area (Å²) in [5.41, 5.74) is 1.70. The molecule has 30 heavy (non-hydrogen) atoms. The Kier molecular flexibility index (Phi) is 5.98. The van der Waals surface area contributed by atoms with Gasteiger partial charge in [-0.25, -0.2) is 0 Å². The number of benzene rings is 2. The Labute approximate surface area is 177 Å². The molecular weight excluding hydrogens is 378 g/mol. The van der Waals surface area contributed by atoms with Crippen LogP contribution in [-0.4, -0.2) is 27.4 Å². The predicted octanol–water partition coefficient (Wildman–Crippen LogP) is 5.61. The van der Waals surface area contributed by atoms with Crippen molar-refractivity contribution >= 4 is 11.0 Å². The highest BCUT2D eigenvalue weighted by Crippen LogP contribution is 2.33. The zero-order valence-corrected chi connectivity index (χ0v) is 18.1. The molecule has 0 amide bonds. The largest absolute Gasteiger partial charge is 0.497 e. The van der Waals surface area contributed by atoms with E-state index in [4.69, 9.17) is 23.6 Å². The van der Waals surface area contributed by atoms with E-state index in [-0.39, 0.29) is 0 Å². The maximum atomic E-state index is 6.27. The van der Waals surface area contributed by atoms with Crippen LogP contribution in [0.4, 0.5) is 0 Å². The van der Waals surface area contributed by atoms with Crippen molar-refractivity contribution in [3.8, 4) is 28.6 Å². The Morgan fingerprint density at radius 3 is 2.40 bits per heavy atom. The summed E-state index contributed by atoms with van der Waals surface area (Å²) in [6, 6.07) is 14.0. The molecule has 2 aromatic carbocycles. The van der Waals surface area contributed by atoms with Gasteiger partial charge < -0.3 is 18.6 Å². The van der Waals surface area contributed by atoms with Gasteiger partial charge in [-0.1, -0.05) is 19.8 Å². The van der Waals surface area contributed by atoms with Gasteiger partial charge in [0.15, 0.2) is 11.5 Å². The van der Waals surface area contributed by atoms with Crippen LogP contribution in [0.5, 0.6) is 17.2 Å². The van der Waals surface area contributed by atoms with Crippen LogP contribution in [0.15, 0.2) is 51.9 Å². The lowest BCUT2D eigenvalue weighted by Crippen LogP contribution is -2.23. The molecule has 1 aromatic heterocycles. The van der Waals surface area contributed by atoms with Crippen molar-refractivity contribution in [2.24, 2.45) is 10.9 Å². The minimum absolute atomic E-state index is 0.328. The number of hydrogen-bond acceptors (Lipinski definition) is 5. The average molecular weight is 408 g/mol. The Morgan fingerprint density at radius 1 is 0.867 bits per heavy atom. The summed E-state index contributed by atoms with van der Waals surface area (Å²) in [6.07, 6.45) is 4.89. The van der Waals surface area contributed by atoms with Crippen molar-refractivity contribution in [2.75, 3.05) is 21.3 Å². The summed E-state index contributed by atoms with van der Waals surface area (Å²) in [5, 5.41) is 1.91. The van der Waals surface area contributed by atoms with Gasteiger partial charge in [0.05, 0.1) is 32.7 Å². The maximum absolute atomic E-state index is 6.27. The summed E-state index contributed by atoms with van der Waals surface area (Å²) in [7, 11) is 4.95. The van der Waals surface area contributed by atoms with Gasteiger partial charge >= 0.3 is 0 Å². The van der Waals surface area contributed by atoms with Crippen molar-refractivity contribution in [3.63, 3.8) is 0 Å². The van der Waals surface area contributed by atoms with Gasteiger partial charge in [0.25, 0.3) is 0 Å². The Hall–Kier alpha value is -2.95. The molecule has 1 heterocycles. The highest BCUT2D eigenvalue weighted by atomic mass is 16.5. The molecule has 1 aliphatic rings. The number of rotatable bonds is 5. The molecule has 2 atom stereocenters. The Balaban J connectivity index is 1.90. The number of hydrogen-bond donors (Lipinski definition) is 0. The van der Waals surface area contributed by atoms with Crippen molar-refractivity contribution in [2.45, 2.75) is 38.6 Å². The lowest BCUT2D eigenvalue weighted by molar-refractivity contribution is 0.328. The van der Waals surface area contributed by atoms with Gasteiger partial charge in [0.1, 0.15) is 17.1 Å². The fraction of sp³-hybridized carbons (Fsp3) is 0.400. The molecule has 5 heteroatoms. The molecule has 1 fully saturated rings. The van der Waals surface area contributed by atoms with E-state index in [9.17, 15) is 0 Å².